The number of hydrogen-bond acceptors (Lipinski definition) is 5. The number of rotatable bonds is 4. The van der Waals surface area contributed by atoms with Crippen LogP contribution >= 0.6 is 0 Å². The van der Waals surface area contributed by atoms with Crippen LogP contribution in [0, 0.1) is 0 Å². The van der Waals surface area contributed by atoms with Crippen molar-refractivity contribution in [1.29, 1.82) is 0 Å². The van der Waals surface area contributed by atoms with Crippen LogP contribution in [-0.4, -0.2) is 44.3 Å². The van der Waals surface area contributed by atoms with Gasteiger partial charge in [0.15, 0.2) is 9.84 Å². The highest BCUT2D eigenvalue weighted by molar-refractivity contribution is 7.91. The van der Waals surface area contributed by atoms with Crippen molar-refractivity contribution in [3.8, 4) is 5.75 Å². The average molecular weight is 335 g/mol. The van der Waals surface area contributed by atoms with E-state index in [-0.39, 0.29) is 24.3 Å². The molecule has 1 aliphatic rings. The van der Waals surface area contributed by atoms with Crippen molar-refractivity contribution in [2.45, 2.75) is 18.4 Å². The SMILES string of the molecule is COc1cc(NCC2(O)CCS(=O)(=O)CC2)cc2ccccc12. The Morgan fingerprint density at radius 1 is 1.22 bits per heavy atom. The van der Waals surface area contributed by atoms with Crippen molar-refractivity contribution in [2.75, 3.05) is 30.5 Å². The van der Waals surface area contributed by atoms with Crippen LogP contribution in [0.1, 0.15) is 12.8 Å². The second-order valence-corrected chi connectivity index (χ2v) is 8.43. The summed E-state index contributed by atoms with van der Waals surface area (Å²) < 4.78 is 28.4. The first-order chi connectivity index (χ1) is 10.9. The number of aliphatic hydroxyl groups is 1. The molecule has 6 heteroatoms. The van der Waals surface area contributed by atoms with E-state index in [0.717, 1.165) is 22.2 Å². The minimum atomic E-state index is -2.98. The normalized spacial score (nSPS) is 19.4. The lowest BCUT2D eigenvalue weighted by molar-refractivity contribution is 0.0436. The van der Waals surface area contributed by atoms with Crippen LogP contribution in [-0.2, 0) is 9.84 Å². The summed E-state index contributed by atoms with van der Waals surface area (Å²) in [5.74, 6) is 0.863. The molecule has 124 valence electrons. The molecular formula is C17H21NO4S. The molecule has 23 heavy (non-hydrogen) atoms. The molecule has 0 aliphatic carbocycles. The molecule has 2 N–H and O–H groups in total. The zero-order valence-electron chi connectivity index (χ0n) is 13.1. The number of fused-ring (bicyclic) bond motifs is 1. The Balaban J connectivity index is 1.77. The van der Waals surface area contributed by atoms with E-state index in [9.17, 15) is 13.5 Å². The summed E-state index contributed by atoms with van der Waals surface area (Å²) in [7, 11) is -1.35. The van der Waals surface area contributed by atoms with Crippen LogP contribution in [0.25, 0.3) is 10.8 Å². The monoisotopic (exact) mass is 335 g/mol. The molecule has 0 amide bonds. The van der Waals surface area contributed by atoms with Gasteiger partial charge in [0, 0.05) is 23.7 Å². The smallest absolute Gasteiger partial charge is 0.150 e. The Labute approximate surface area is 136 Å². The molecule has 0 spiro atoms. The molecule has 0 bridgehead atoms. The first-order valence-corrected chi connectivity index (χ1v) is 9.46. The maximum atomic E-state index is 11.5. The molecule has 0 atom stereocenters. The molecule has 2 aromatic rings. The lowest BCUT2D eigenvalue weighted by Crippen LogP contribution is -2.44. The lowest BCUT2D eigenvalue weighted by atomic mass is 9.96. The third-order valence-corrected chi connectivity index (χ3v) is 6.07. The number of anilines is 1. The van der Waals surface area contributed by atoms with Gasteiger partial charge in [-0.1, -0.05) is 24.3 Å². The molecule has 0 saturated carbocycles. The van der Waals surface area contributed by atoms with Gasteiger partial charge in [0.2, 0.25) is 0 Å². The van der Waals surface area contributed by atoms with Crippen molar-refractivity contribution in [3.05, 3.63) is 36.4 Å². The molecule has 1 fully saturated rings. The summed E-state index contributed by atoms with van der Waals surface area (Å²) in [6, 6.07) is 11.8. The Morgan fingerprint density at radius 3 is 2.61 bits per heavy atom. The second kappa shape index (κ2) is 6.02. The lowest BCUT2D eigenvalue weighted by Gasteiger charge is -2.32. The van der Waals surface area contributed by atoms with Gasteiger partial charge in [-0.3, -0.25) is 0 Å². The van der Waals surface area contributed by atoms with Crippen molar-refractivity contribution in [1.82, 2.24) is 0 Å². The van der Waals surface area contributed by atoms with E-state index in [1.807, 2.05) is 36.4 Å². The molecule has 2 aromatic carbocycles. The summed E-state index contributed by atoms with van der Waals surface area (Å²) in [4.78, 5) is 0. The van der Waals surface area contributed by atoms with E-state index >= 15 is 0 Å². The van der Waals surface area contributed by atoms with Crippen LogP contribution in [0.2, 0.25) is 0 Å². The first kappa shape index (κ1) is 16.1. The Hall–Kier alpha value is -1.79. The van der Waals surface area contributed by atoms with Crippen molar-refractivity contribution < 1.29 is 18.3 Å². The van der Waals surface area contributed by atoms with Crippen molar-refractivity contribution in [2.24, 2.45) is 0 Å². The maximum Gasteiger partial charge on any atom is 0.150 e. The van der Waals surface area contributed by atoms with Crippen molar-refractivity contribution in [3.63, 3.8) is 0 Å². The van der Waals surface area contributed by atoms with Gasteiger partial charge in [-0.25, -0.2) is 8.42 Å². The van der Waals surface area contributed by atoms with Gasteiger partial charge in [-0.2, -0.15) is 0 Å². The van der Waals surface area contributed by atoms with Gasteiger partial charge in [0.05, 0.1) is 24.2 Å². The summed E-state index contributed by atoms with van der Waals surface area (Å²) in [5.41, 5.74) is -0.132. The maximum absolute atomic E-state index is 11.5. The largest absolute Gasteiger partial charge is 0.496 e. The minimum Gasteiger partial charge on any atom is -0.496 e. The molecular weight excluding hydrogens is 314 g/mol. The number of nitrogens with one attached hydrogen (secondary N) is 1. The van der Waals surface area contributed by atoms with Crippen LogP contribution in [0.15, 0.2) is 36.4 Å². The third kappa shape index (κ3) is 3.59. The van der Waals surface area contributed by atoms with Crippen molar-refractivity contribution >= 4 is 26.3 Å². The fourth-order valence-corrected chi connectivity index (χ4v) is 4.49. The fourth-order valence-electron chi connectivity index (χ4n) is 2.91. The van der Waals surface area contributed by atoms with E-state index < -0.39 is 15.4 Å². The van der Waals surface area contributed by atoms with Gasteiger partial charge in [0.25, 0.3) is 0 Å². The van der Waals surface area contributed by atoms with E-state index in [1.165, 1.54) is 0 Å². The van der Waals surface area contributed by atoms with Crippen LogP contribution in [0.3, 0.4) is 0 Å². The molecule has 1 heterocycles. The van der Waals surface area contributed by atoms with Gasteiger partial charge in [-0.05, 0) is 24.3 Å². The van der Waals surface area contributed by atoms with Gasteiger partial charge in [0.1, 0.15) is 5.75 Å². The summed E-state index contributed by atoms with van der Waals surface area (Å²) >= 11 is 0. The number of sulfone groups is 1. The number of methoxy groups -OCH3 is 1. The zero-order valence-corrected chi connectivity index (χ0v) is 13.9. The average Bonchev–Trinajstić information content (AvgIpc) is 2.55. The van der Waals surface area contributed by atoms with Gasteiger partial charge in [-0.15, -0.1) is 0 Å². The third-order valence-electron chi connectivity index (χ3n) is 4.42. The molecule has 5 nitrogen and oxygen atoms in total. The summed E-state index contributed by atoms with van der Waals surface area (Å²) in [6.07, 6.45) is 0.542. The first-order valence-electron chi connectivity index (χ1n) is 7.64. The predicted octanol–water partition coefficient (Wildman–Crippen LogP) is 2.20. The van der Waals surface area contributed by atoms with E-state index in [4.69, 9.17) is 4.74 Å². The van der Waals surface area contributed by atoms with Gasteiger partial charge < -0.3 is 15.2 Å². The Morgan fingerprint density at radius 2 is 1.91 bits per heavy atom. The fraction of sp³-hybridized carbons (Fsp3) is 0.412. The van der Waals surface area contributed by atoms with E-state index in [0.29, 0.717) is 6.54 Å². The Kier molecular flexibility index (Phi) is 4.21. The van der Waals surface area contributed by atoms with Crippen LogP contribution in [0.4, 0.5) is 5.69 Å². The zero-order chi connectivity index (χ0) is 16.5. The van der Waals surface area contributed by atoms with Gasteiger partial charge >= 0.3 is 0 Å². The highest BCUT2D eigenvalue weighted by Gasteiger charge is 2.35. The predicted molar refractivity (Wildman–Crippen MR) is 91.8 cm³/mol. The molecule has 0 unspecified atom stereocenters. The highest BCUT2D eigenvalue weighted by atomic mass is 32.2. The summed E-state index contributed by atoms with van der Waals surface area (Å²) in [5, 5.41) is 15.8. The standard InChI is InChI=1S/C17H21NO4S/c1-22-16-11-14(10-13-4-2-3-5-15(13)16)18-12-17(19)6-8-23(20,21)9-7-17/h2-5,10-11,18-19H,6-9,12H2,1H3. The van der Waals surface area contributed by atoms with E-state index in [1.54, 1.807) is 7.11 Å². The summed E-state index contributed by atoms with van der Waals surface area (Å²) in [6.45, 7) is 0.323. The quantitative estimate of drug-likeness (QED) is 0.896. The highest BCUT2D eigenvalue weighted by Crippen LogP contribution is 2.31. The minimum absolute atomic E-state index is 0.0478. The Bertz CT molecular complexity index is 802. The number of benzene rings is 2. The molecule has 1 aliphatic heterocycles. The van der Waals surface area contributed by atoms with Crippen LogP contribution < -0.4 is 10.1 Å². The second-order valence-electron chi connectivity index (χ2n) is 6.13. The van der Waals surface area contributed by atoms with Crippen LogP contribution in [0.5, 0.6) is 5.75 Å². The number of hydrogen-bond donors (Lipinski definition) is 2. The topological polar surface area (TPSA) is 75.6 Å². The number of ether oxygens (including phenoxy) is 1. The molecule has 0 radical (unpaired) electrons. The van der Waals surface area contributed by atoms with E-state index in [2.05, 4.69) is 5.32 Å². The molecule has 0 aromatic heterocycles. The molecule has 3 rings (SSSR count). The molecule has 1 saturated heterocycles.